The van der Waals surface area contributed by atoms with E-state index in [1.54, 1.807) is 6.92 Å². The highest BCUT2D eigenvalue weighted by molar-refractivity contribution is 5.94. The summed E-state index contributed by atoms with van der Waals surface area (Å²) in [4.78, 5) is 15.3. The molecule has 0 fully saturated rings. The van der Waals surface area contributed by atoms with Crippen LogP contribution in [0, 0.1) is 0 Å². The molecule has 0 aromatic carbocycles. The molecule has 1 heterocycles. The lowest BCUT2D eigenvalue weighted by Crippen LogP contribution is -2.40. The molecule has 1 amide bonds. The molecular formula is C11H16N2O3. The topological polar surface area (TPSA) is 82.5 Å². The van der Waals surface area contributed by atoms with Gasteiger partial charge in [-0.25, -0.2) is 0 Å². The number of hydrogen-bond donors (Lipinski definition) is 3. The molecule has 0 radical (unpaired) electrons. The molecule has 1 unspecified atom stereocenters. The highest BCUT2D eigenvalue weighted by atomic mass is 16.3. The van der Waals surface area contributed by atoms with Crippen molar-refractivity contribution in [3.63, 3.8) is 0 Å². The molecular weight excluding hydrogens is 208 g/mol. The fourth-order valence-corrected chi connectivity index (χ4v) is 1.05. The van der Waals surface area contributed by atoms with Crippen molar-refractivity contribution in [3.05, 3.63) is 24.0 Å². The largest absolute Gasteiger partial charge is 0.506 e. The van der Waals surface area contributed by atoms with Gasteiger partial charge in [0.25, 0.3) is 5.91 Å². The molecule has 0 saturated carbocycles. The van der Waals surface area contributed by atoms with E-state index in [4.69, 9.17) is 5.11 Å². The number of amides is 1. The maximum absolute atomic E-state index is 11.6. The van der Waals surface area contributed by atoms with Gasteiger partial charge in [-0.15, -0.1) is 0 Å². The lowest BCUT2D eigenvalue weighted by Gasteiger charge is -2.21. The van der Waals surface area contributed by atoms with E-state index in [9.17, 15) is 9.90 Å². The van der Waals surface area contributed by atoms with Crippen LogP contribution in [0.4, 0.5) is 0 Å². The second-order valence-corrected chi connectivity index (χ2v) is 3.96. The summed E-state index contributed by atoms with van der Waals surface area (Å²) in [6.07, 6.45) is 3.15. The first-order chi connectivity index (χ1) is 7.44. The van der Waals surface area contributed by atoms with Gasteiger partial charge in [0.15, 0.2) is 0 Å². The first-order valence-electron chi connectivity index (χ1n) is 5.09. The number of nitrogens with one attached hydrogen (secondary N) is 1. The smallest absolute Gasteiger partial charge is 0.253 e. The number of pyridine rings is 1. The van der Waals surface area contributed by atoms with E-state index in [0.717, 1.165) is 0 Å². The van der Waals surface area contributed by atoms with Crippen LogP contribution in [0.2, 0.25) is 0 Å². The molecule has 1 rings (SSSR count). The van der Waals surface area contributed by atoms with Crippen LogP contribution in [0.5, 0.6) is 5.75 Å². The molecule has 0 spiro atoms. The molecule has 0 saturated heterocycles. The minimum Gasteiger partial charge on any atom is -0.506 e. The molecule has 1 atom stereocenters. The van der Waals surface area contributed by atoms with Crippen molar-refractivity contribution in [3.8, 4) is 5.75 Å². The normalized spacial score (nSPS) is 14.2. The van der Waals surface area contributed by atoms with Gasteiger partial charge in [-0.05, 0) is 19.4 Å². The standard InChI is InChI=1S/C11H16N2O3/c1-3-11(2,16)7-13-10(15)8-4-9(14)6-12-5-8/h4-6,14,16H,3,7H2,1-2H3,(H,13,15). The molecule has 0 aliphatic heterocycles. The number of aromatic nitrogens is 1. The maximum atomic E-state index is 11.6. The zero-order valence-electron chi connectivity index (χ0n) is 9.40. The van der Waals surface area contributed by atoms with E-state index in [2.05, 4.69) is 10.3 Å². The number of carbonyl (C=O) groups is 1. The van der Waals surface area contributed by atoms with Gasteiger partial charge in [-0.3, -0.25) is 9.78 Å². The summed E-state index contributed by atoms with van der Waals surface area (Å²) in [7, 11) is 0. The number of rotatable bonds is 4. The monoisotopic (exact) mass is 224 g/mol. The predicted octanol–water partition coefficient (Wildman–Crippen LogP) is 0.678. The first-order valence-corrected chi connectivity index (χ1v) is 5.09. The average molecular weight is 224 g/mol. The minimum absolute atomic E-state index is 0.0603. The Morgan fingerprint density at radius 3 is 2.81 bits per heavy atom. The zero-order chi connectivity index (χ0) is 12.2. The Balaban J connectivity index is 2.60. The number of aromatic hydroxyl groups is 1. The van der Waals surface area contributed by atoms with Gasteiger partial charge in [0.2, 0.25) is 0 Å². The second-order valence-electron chi connectivity index (χ2n) is 3.96. The van der Waals surface area contributed by atoms with Crippen molar-refractivity contribution in [1.29, 1.82) is 0 Å². The predicted molar refractivity (Wildman–Crippen MR) is 59.1 cm³/mol. The Morgan fingerprint density at radius 1 is 1.56 bits per heavy atom. The Hall–Kier alpha value is -1.62. The number of aliphatic hydroxyl groups is 1. The second kappa shape index (κ2) is 4.94. The fourth-order valence-electron chi connectivity index (χ4n) is 1.05. The minimum atomic E-state index is -0.917. The zero-order valence-corrected chi connectivity index (χ0v) is 9.40. The number of nitrogens with zero attached hydrogens (tertiary/aromatic N) is 1. The van der Waals surface area contributed by atoms with Gasteiger partial charge in [0.1, 0.15) is 5.75 Å². The van der Waals surface area contributed by atoms with Crippen LogP contribution in [0.25, 0.3) is 0 Å². The van der Waals surface area contributed by atoms with Crippen LogP contribution in [-0.2, 0) is 0 Å². The van der Waals surface area contributed by atoms with Crippen molar-refractivity contribution >= 4 is 5.91 Å². The summed E-state index contributed by atoms with van der Waals surface area (Å²) in [5, 5.41) is 21.4. The van der Waals surface area contributed by atoms with Gasteiger partial charge in [-0.2, -0.15) is 0 Å². The number of hydrogen-bond acceptors (Lipinski definition) is 4. The first kappa shape index (κ1) is 12.4. The molecule has 5 heteroatoms. The van der Waals surface area contributed by atoms with Crippen LogP contribution < -0.4 is 5.32 Å². The van der Waals surface area contributed by atoms with Crippen LogP contribution >= 0.6 is 0 Å². The van der Waals surface area contributed by atoms with E-state index in [0.29, 0.717) is 6.42 Å². The summed E-state index contributed by atoms with van der Waals surface area (Å²) in [5.41, 5.74) is -0.646. The highest BCUT2D eigenvalue weighted by Crippen LogP contribution is 2.09. The van der Waals surface area contributed by atoms with E-state index in [1.807, 2.05) is 6.92 Å². The van der Waals surface area contributed by atoms with Gasteiger partial charge in [0, 0.05) is 12.7 Å². The Bertz CT molecular complexity index is 377. The molecule has 1 aromatic heterocycles. The van der Waals surface area contributed by atoms with E-state index >= 15 is 0 Å². The average Bonchev–Trinajstić information content (AvgIpc) is 2.26. The van der Waals surface area contributed by atoms with E-state index in [1.165, 1.54) is 18.5 Å². The molecule has 88 valence electrons. The third kappa shape index (κ3) is 3.51. The molecule has 0 aliphatic rings. The Labute approximate surface area is 94.1 Å². The molecule has 5 nitrogen and oxygen atoms in total. The molecule has 0 aliphatic carbocycles. The Kier molecular flexibility index (Phi) is 3.84. The van der Waals surface area contributed by atoms with Crippen molar-refractivity contribution < 1.29 is 15.0 Å². The lowest BCUT2D eigenvalue weighted by molar-refractivity contribution is 0.0518. The third-order valence-electron chi connectivity index (χ3n) is 2.38. The van der Waals surface area contributed by atoms with Crippen LogP contribution in [0.3, 0.4) is 0 Å². The van der Waals surface area contributed by atoms with Crippen molar-refractivity contribution in [2.24, 2.45) is 0 Å². The molecule has 0 bridgehead atoms. The van der Waals surface area contributed by atoms with Gasteiger partial charge in [0.05, 0.1) is 17.4 Å². The van der Waals surface area contributed by atoms with Gasteiger partial charge in [-0.1, -0.05) is 6.92 Å². The third-order valence-corrected chi connectivity index (χ3v) is 2.38. The van der Waals surface area contributed by atoms with E-state index in [-0.39, 0.29) is 23.8 Å². The van der Waals surface area contributed by atoms with Crippen LogP contribution in [0.15, 0.2) is 18.5 Å². The summed E-state index contributed by atoms with van der Waals surface area (Å²) >= 11 is 0. The quantitative estimate of drug-likeness (QED) is 0.702. The number of carbonyl (C=O) groups excluding carboxylic acids is 1. The maximum Gasteiger partial charge on any atom is 0.253 e. The summed E-state index contributed by atoms with van der Waals surface area (Å²) in [6, 6.07) is 1.32. The fraction of sp³-hybridized carbons (Fsp3) is 0.455. The van der Waals surface area contributed by atoms with Crippen LogP contribution in [-0.4, -0.2) is 33.3 Å². The molecule has 1 aromatic rings. The van der Waals surface area contributed by atoms with Crippen molar-refractivity contribution in [2.75, 3.05) is 6.54 Å². The summed E-state index contributed by atoms with van der Waals surface area (Å²) in [6.45, 7) is 3.65. The van der Waals surface area contributed by atoms with Gasteiger partial charge >= 0.3 is 0 Å². The highest BCUT2D eigenvalue weighted by Gasteiger charge is 2.18. The summed E-state index contributed by atoms with van der Waals surface area (Å²) < 4.78 is 0. The van der Waals surface area contributed by atoms with E-state index < -0.39 is 5.60 Å². The Morgan fingerprint density at radius 2 is 2.25 bits per heavy atom. The SMILES string of the molecule is CCC(C)(O)CNC(=O)c1cncc(O)c1. The summed E-state index contributed by atoms with van der Waals surface area (Å²) in [5.74, 6) is -0.424. The molecule has 3 N–H and O–H groups in total. The van der Waals surface area contributed by atoms with Crippen LogP contribution in [0.1, 0.15) is 30.6 Å². The molecule has 16 heavy (non-hydrogen) atoms. The van der Waals surface area contributed by atoms with Crippen molar-refractivity contribution in [2.45, 2.75) is 25.9 Å². The van der Waals surface area contributed by atoms with Gasteiger partial charge < -0.3 is 15.5 Å². The van der Waals surface area contributed by atoms with Crippen molar-refractivity contribution in [1.82, 2.24) is 10.3 Å². The lowest BCUT2D eigenvalue weighted by atomic mass is 10.0.